The average Bonchev–Trinajstić information content (AvgIpc) is 3.99. The summed E-state index contributed by atoms with van der Waals surface area (Å²) in [6.07, 6.45) is 0. The van der Waals surface area contributed by atoms with Gasteiger partial charge >= 0.3 is 0 Å². The molecule has 0 spiro atoms. The summed E-state index contributed by atoms with van der Waals surface area (Å²) in [5.74, 6) is 0. The van der Waals surface area contributed by atoms with E-state index in [0.717, 1.165) is 49.3 Å². The molecule has 11 rings (SSSR count). The summed E-state index contributed by atoms with van der Waals surface area (Å²) in [6.45, 7) is 0. The molecule has 0 aliphatic carbocycles. The zero-order valence-corrected chi connectivity index (χ0v) is 35.9. The lowest BCUT2D eigenvalue weighted by Crippen LogP contribution is -2.57. The van der Waals surface area contributed by atoms with Gasteiger partial charge in [0.05, 0.1) is 27.8 Å². The molecule has 0 saturated heterocycles. The lowest BCUT2D eigenvalue weighted by Gasteiger charge is -2.30. The fourth-order valence-electron chi connectivity index (χ4n) is 9.86. The van der Waals surface area contributed by atoms with Crippen LogP contribution in [0, 0.1) is 0 Å². The molecule has 0 aliphatic rings. The number of rotatable bonds is 4. The van der Waals surface area contributed by atoms with E-state index in [9.17, 15) is 0 Å². The predicted molar refractivity (Wildman–Crippen MR) is 300 cm³/mol. The van der Waals surface area contributed by atoms with Gasteiger partial charge in [0.15, 0.2) is 0 Å². The summed E-state index contributed by atoms with van der Waals surface area (Å²) in [5, 5.41) is 5.10. The minimum absolute atomic E-state index is 0.00642. The quantitative estimate of drug-likeness (QED) is 0.159. The third-order valence-corrected chi connectivity index (χ3v) is 14.4. The highest BCUT2D eigenvalue weighted by Crippen LogP contribution is 2.43. The van der Waals surface area contributed by atoms with Crippen LogP contribution in [0.15, 0.2) is 91.0 Å². The molecule has 0 unspecified atom stereocenters. The molecule has 11 aromatic rings. The van der Waals surface area contributed by atoms with Crippen molar-refractivity contribution in [2.75, 3.05) is 0 Å². The molecular weight excluding hydrogens is 799 g/mol. The topological polar surface area (TPSA) is 9.86 Å². The van der Waals surface area contributed by atoms with E-state index in [0.29, 0.717) is 25.9 Å². The number of hydrogen-bond donors (Lipinski definition) is 0. The monoisotopic (exact) mass is 816 g/mol. The van der Waals surface area contributed by atoms with Crippen LogP contribution in [0.2, 0.25) is 0 Å². The number of hydrogen-bond acceptors (Lipinski definition) is 1. The summed E-state index contributed by atoms with van der Waals surface area (Å²) in [4.78, 5) is 0. The van der Waals surface area contributed by atoms with Crippen LogP contribution in [0.5, 0.6) is 0 Å². The zero-order valence-electron chi connectivity index (χ0n) is 35.1. The van der Waals surface area contributed by atoms with Crippen molar-refractivity contribution in [3.05, 3.63) is 91.0 Å². The molecule has 0 atom stereocenters. The summed E-state index contributed by atoms with van der Waals surface area (Å²) in [6, 6.07) is 31.0. The van der Waals surface area contributed by atoms with Crippen LogP contribution < -0.4 is 81.9 Å². The van der Waals surface area contributed by atoms with E-state index in [1.54, 1.807) is 0 Å². The molecule has 0 bridgehead atoms. The van der Waals surface area contributed by atoms with Gasteiger partial charge in [-0.1, -0.05) is 104 Å². The van der Waals surface area contributed by atoms with E-state index in [2.05, 4.69) is 57.7 Å². The Morgan fingerprint density at radius 3 is 1.21 bits per heavy atom. The third-order valence-electron chi connectivity index (χ3n) is 13.1. The number of fused-ring (bicyclic) bond motifs is 9. The van der Waals surface area contributed by atoms with Gasteiger partial charge in [-0.2, -0.15) is 0 Å². The van der Waals surface area contributed by atoms with Gasteiger partial charge in [-0.15, -0.1) is 44.1 Å². The van der Waals surface area contributed by atoms with E-state index in [1.165, 1.54) is 11.3 Å². The van der Waals surface area contributed by atoms with Crippen LogP contribution in [0.1, 0.15) is 0 Å². The standard InChI is InChI=1S/C48H15B15N2S/c49-31-25(26-33(51)39(57)42(60)40(58)34(26)52)32(50)38(56)35(53)27(31)28-36(54)44(62)48-30(29-37(55)41(59)43(61)45(63)47(29)66-48)46(28)65-23-12-6-3-9-19(23)20-15-16(13-14-24(20)65)64-21-10-4-1-7-17(21)18-8-2-5-11-22(18)64/h1-15H. The second kappa shape index (κ2) is 15.3. The average molecular weight is 814 g/mol. The number of aromatic nitrogens is 2. The van der Waals surface area contributed by atoms with Gasteiger partial charge in [0.25, 0.3) is 0 Å². The van der Waals surface area contributed by atoms with Gasteiger partial charge in [0.2, 0.25) is 0 Å². The maximum atomic E-state index is 7.33. The summed E-state index contributed by atoms with van der Waals surface area (Å²) >= 11 is 1.28. The molecule has 8 aromatic carbocycles. The first kappa shape index (κ1) is 43.1. The van der Waals surface area contributed by atoms with Gasteiger partial charge in [-0.25, -0.2) is 0 Å². The van der Waals surface area contributed by atoms with Crippen molar-refractivity contribution in [1.82, 2.24) is 9.13 Å². The summed E-state index contributed by atoms with van der Waals surface area (Å²) < 4.78 is 5.43. The lowest BCUT2D eigenvalue weighted by molar-refractivity contribution is 1.18. The Kier molecular flexibility index (Phi) is 10.00. The maximum Gasteiger partial charge on any atom is 0.115 e. The predicted octanol–water partition coefficient (Wildman–Crippen LogP) is -4.51. The van der Waals surface area contributed by atoms with Crippen molar-refractivity contribution in [3.8, 4) is 33.6 Å². The smallest absolute Gasteiger partial charge is 0.115 e. The van der Waals surface area contributed by atoms with Crippen LogP contribution in [0.3, 0.4) is 0 Å². The molecular formula is C48H15B15N2S. The van der Waals surface area contributed by atoms with Gasteiger partial charge in [0, 0.05) is 42.0 Å². The number of nitrogens with zero attached hydrogens (tertiary/aromatic N) is 2. The SMILES string of the molecule is [B]c1c([B])c([B])c(-c2c([B])c([B])c([B])c(-c3c([B])c([B])c4sc5c([B])c([B])c([B])c([B])c5c4c3-n3c4ccccc4c4cc(-n5c6ccccc6c6ccccc65)ccc43)c2[B])c([B])c1[B]. The first-order chi connectivity index (χ1) is 31.6. The van der Waals surface area contributed by atoms with Crippen LogP contribution in [0.4, 0.5) is 0 Å². The van der Waals surface area contributed by atoms with Crippen molar-refractivity contribution in [2.24, 2.45) is 0 Å². The molecule has 0 fully saturated rings. The fraction of sp³-hybridized carbons (Fsp3) is 0. The van der Waals surface area contributed by atoms with Crippen molar-refractivity contribution in [1.29, 1.82) is 0 Å². The molecule has 30 radical (unpaired) electrons. The van der Waals surface area contributed by atoms with E-state index >= 15 is 0 Å². The second-order valence-corrected chi connectivity index (χ2v) is 17.5. The Balaban J connectivity index is 1.35. The Bertz CT molecular complexity index is 3940. The first-order valence-electron chi connectivity index (χ1n) is 20.6. The highest BCUT2D eigenvalue weighted by molar-refractivity contribution is 7.28. The zero-order chi connectivity index (χ0) is 46.5. The van der Waals surface area contributed by atoms with Gasteiger partial charge < -0.3 is 9.13 Å². The van der Waals surface area contributed by atoms with Crippen molar-refractivity contribution >= 4 is 275 Å². The Morgan fingerprint density at radius 1 is 0.288 bits per heavy atom. The van der Waals surface area contributed by atoms with Crippen LogP contribution >= 0.6 is 11.3 Å². The minimum Gasteiger partial charge on any atom is -0.309 e. The van der Waals surface area contributed by atoms with Crippen LogP contribution in [0.25, 0.3) is 97.4 Å². The molecule has 66 heavy (non-hydrogen) atoms. The Labute approximate surface area is 406 Å². The molecule has 0 N–H and O–H groups in total. The second-order valence-electron chi connectivity index (χ2n) is 16.5. The first-order valence-corrected chi connectivity index (χ1v) is 21.4. The maximum absolute atomic E-state index is 7.33. The van der Waals surface area contributed by atoms with Crippen molar-refractivity contribution in [2.45, 2.75) is 0 Å². The van der Waals surface area contributed by atoms with Crippen molar-refractivity contribution in [3.63, 3.8) is 0 Å². The molecule has 3 aromatic heterocycles. The molecule has 0 saturated carbocycles. The van der Waals surface area contributed by atoms with Crippen molar-refractivity contribution < 1.29 is 0 Å². The van der Waals surface area contributed by atoms with E-state index in [4.69, 9.17) is 118 Å². The summed E-state index contributed by atoms with van der Waals surface area (Å²) in [7, 11) is 102. The largest absolute Gasteiger partial charge is 0.309 e. The lowest BCUT2D eigenvalue weighted by atomic mass is 9.55. The molecule has 3 heterocycles. The van der Waals surface area contributed by atoms with E-state index in [1.807, 2.05) is 42.5 Å². The number of benzene rings is 8. The summed E-state index contributed by atoms with van der Waals surface area (Å²) in [5.41, 5.74) is 6.37. The molecule has 18 heteroatoms. The highest BCUT2D eigenvalue weighted by atomic mass is 32.1. The molecule has 268 valence electrons. The van der Waals surface area contributed by atoms with E-state index in [-0.39, 0.29) is 104 Å². The minimum atomic E-state index is -0.0556. The third kappa shape index (κ3) is 5.69. The molecule has 2 nitrogen and oxygen atoms in total. The van der Waals surface area contributed by atoms with Gasteiger partial charge in [-0.05, 0) is 64.0 Å². The molecule has 0 aliphatic heterocycles. The van der Waals surface area contributed by atoms with Gasteiger partial charge in [0.1, 0.15) is 118 Å². The normalized spacial score (nSPS) is 11.9. The van der Waals surface area contributed by atoms with E-state index < -0.39 is 0 Å². The fourth-order valence-corrected chi connectivity index (χ4v) is 11.1. The Morgan fingerprint density at radius 2 is 0.652 bits per heavy atom. The van der Waals surface area contributed by atoms with Crippen LogP contribution in [-0.4, -0.2) is 127 Å². The number of thiophene rings is 1. The molecule has 0 amide bonds. The Hall–Kier alpha value is -5.45. The van der Waals surface area contributed by atoms with Gasteiger partial charge in [-0.3, -0.25) is 0 Å². The number of para-hydroxylation sites is 3. The van der Waals surface area contributed by atoms with Crippen LogP contribution in [-0.2, 0) is 0 Å². The highest BCUT2D eigenvalue weighted by Gasteiger charge is 2.29.